The van der Waals surface area contributed by atoms with E-state index in [4.69, 9.17) is 0 Å². The summed E-state index contributed by atoms with van der Waals surface area (Å²) in [6, 6.07) is 3.56. The van der Waals surface area contributed by atoms with Crippen molar-refractivity contribution in [2.75, 3.05) is 0 Å². The summed E-state index contributed by atoms with van der Waals surface area (Å²) in [5, 5.41) is 9.49. The quantitative estimate of drug-likeness (QED) is 0.790. The molecule has 1 unspecified atom stereocenters. The van der Waals surface area contributed by atoms with Crippen molar-refractivity contribution in [3.63, 3.8) is 0 Å². The van der Waals surface area contributed by atoms with Crippen LogP contribution >= 0.6 is 0 Å². The molecule has 1 aromatic carbocycles. The number of aliphatic hydroxyl groups excluding tert-OH is 1. The number of aryl methyl sites for hydroxylation is 1. The minimum atomic E-state index is -0.538. The van der Waals surface area contributed by atoms with Crippen LogP contribution in [0.3, 0.4) is 0 Å². The first-order chi connectivity index (χ1) is 7.61. The normalized spacial score (nSPS) is 12.8. The summed E-state index contributed by atoms with van der Waals surface area (Å²) in [7, 11) is 0. The topological polar surface area (TPSA) is 20.2 Å². The summed E-state index contributed by atoms with van der Waals surface area (Å²) in [6.45, 7) is 2.02. The van der Waals surface area contributed by atoms with E-state index in [-0.39, 0.29) is 6.10 Å². The Morgan fingerprint density at radius 3 is 2.31 bits per heavy atom. The van der Waals surface area contributed by atoms with E-state index in [9.17, 15) is 13.9 Å². The van der Waals surface area contributed by atoms with Crippen LogP contribution in [-0.4, -0.2) is 11.2 Å². The number of benzene rings is 1. The van der Waals surface area contributed by atoms with Gasteiger partial charge in [-0.15, -0.1) is 0 Å². The maximum absolute atomic E-state index is 12.8. The highest BCUT2D eigenvalue weighted by Crippen LogP contribution is 2.12. The van der Waals surface area contributed by atoms with Gasteiger partial charge in [0.25, 0.3) is 0 Å². The molecule has 0 amide bonds. The smallest absolute Gasteiger partial charge is 0.126 e. The summed E-state index contributed by atoms with van der Waals surface area (Å²) in [5.41, 5.74) is 0.654. The Balaban J connectivity index is 2.37. The van der Waals surface area contributed by atoms with E-state index in [1.807, 2.05) is 6.92 Å². The Bertz CT molecular complexity index is 305. The van der Waals surface area contributed by atoms with Gasteiger partial charge in [-0.2, -0.15) is 0 Å². The molecule has 0 bridgehead atoms. The van der Waals surface area contributed by atoms with Gasteiger partial charge in [0.05, 0.1) is 6.10 Å². The summed E-state index contributed by atoms with van der Waals surface area (Å²) < 4.78 is 25.7. The Morgan fingerprint density at radius 1 is 1.12 bits per heavy atom. The lowest BCUT2D eigenvalue weighted by Gasteiger charge is -2.08. The van der Waals surface area contributed by atoms with Crippen molar-refractivity contribution in [3.8, 4) is 0 Å². The molecule has 0 aromatic heterocycles. The summed E-state index contributed by atoms with van der Waals surface area (Å²) in [5.74, 6) is -1.08. The van der Waals surface area contributed by atoms with Gasteiger partial charge in [0.15, 0.2) is 0 Å². The third-order valence-electron chi connectivity index (χ3n) is 2.55. The zero-order valence-electron chi connectivity index (χ0n) is 9.55. The SMILES string of the molecule is CCCC(O)CCCc1cc(F)cc(F)c1. The molecule has 0 aliphatic heterocycles. The van der Waals surface area contributed by atoms with Crippen LogP contribution in [0.25, 0.3) is 0 Å². The second kappa shape index (κ2) is 6.59. The number of rotatable bonds is 6. The third kappa shape index (κ3) is 4.71. The van der Waals surface area contributed by atoms with Crippen molar-refractivity contribution in [1.29, 1.82) is 0 Å². The molecule has 1 aromatic rings. The predicted molar refractivity (Wildman–Crippen MR) is 60.2 cm³/mol. The van der Waals surface area contributed by atoms with Gasteiger partial charge in [-0.3, -0.25) is 0 Å². The van der Waals surface area contributed by atoms with E-state index in [0.29, 0.717) is 18.4 Å². The van der Waals surface area contributed by atoms with E-state index >= 15 is 0 Å². The molecule has 90 valence electrons. The van der Waals surface area contributed by atoms with Gasteiger partial charge in [-0.25, -0.2) is 8.78 Å². The maximum Gasteiger partial charge on any atom is 0.126 e. The zero-order valence-corrected chi connectivity index (χ0v) is 9.55. The van der Waals surface area contributed by atoms with Crippen LogP contribution in [0.2, 0.25) is 0 Å². The van der Waals surface area contributed by atoms with Crippen LogP contribution in [0, 0.1) is 11.6 Å². The molecule has 0 heterocycles. The summed E-state index contributed by atoms with van der Waals surface area (Å²) in [4.78, 5) is 0. The average molecular weight is 228 g/mol. The van der Waals surface area contributed by atoms with E-state index in [1.165, 1.54) is 12.1 Å². The highest BCUT2D eigenvalue weighted by atomic mass is 19.1. The lowest BCUT2D eigenvalue weighted by Crippen LogP contribution is -2.06. The van der Waals surface area contributed by atoms with Crippen LogP contribution < -0.4 is 0 Å². The first-order valence-electron chi connectivity index (χ1n) is 5.75. The number of aliphatic hydroxyl groups is 1. The Kier molecular flexibility index (Phi) is 5.39. The molecule has 1 nitrogen and oxygen atoms in total. The average Bonchev–Trinajstić information content (AvgIpc) is 2.16. The molecule has 0 aliphatic rings. The maximum atomic E-state index is 12.8. The molecule has 0 saturated heterocycles. The van der Waals surface area contributed by atoms with Crippen LogP contribution in [0.4, 0.5) is 8.78 Å². The minimum absolute atomic E-state index is 0.289. The fourth-order valence-corrected chi connectivity index (χ4v) is 1.77. The Hall–Kier alpha value is -0.960. The first kappa shape index (κ1) is 13.1. The van der Waals surface area contributed by atoms with Crippen molar-refractivity contribution < 1.29 is 13.9 Å². The van der Waals surface area contributed by atoms with E-state index < -0.39 is 11.6 Å². The molecule has 0 aliphatic carbocycles. The highest BCUT2D eigenvalue weighted by Gasteiger charge is 2.04. The lowest BCUT2D eigenvalue weighted by molar-refractivity contribution is 0.151. The Labute approximate surface area is 95.1 Å². The fraction of sp³-hybridized carbons (Fsp3) is 0.538. The van der Waals surface area contributed by atoms with Crippen molar-refractivity contribution in [2.45, 2.75) is 45.1 Å². The van der Waals surface area contributed by atoms with E-state index in [0.717, 1.165) is 25.3 Å². The van der Waals surface area contributed by atoms with Gasteiger partial charge in [0, 0.05) is 6.07 Å². The van der Waals surface area contributed by atoms with Crippen LogP contribution in [0.5, 0.6) is 0 Å². The van der Waals surface area contributed by atoms with Gasteiger partial charge >= 0.3 is 0 Å². The van der Waals surface area contributed by atoms with Gasteiger partial charge in [0.2, 0.25) is 0 Å². The molecule has 1 atom stereocenters. The van der Waals surface area contributed by atoms with Crippen LogP contribution in [0.15, 0.2) is 18.2 Å². The second-order valence-corrected chi connectivity index (χ2v) is 4.11. The van der Waals surface area contributed by atoms with Gasteiger partial charge in [0.1, 0.15) is 11.6 Å². The van der Waals surface area contributed by atoms with Gasteiger partial charge < -0.3 is 5.11 Å². The van der Waals surface area contributed by atoms with Gasteiger partial charge in [-0.05, 0) is 43.4 Å². The van der Waals surface area contributed by atoms with Crippen LogP contribution in [0.1, 0.15) is 38.2 Å². The molecule has 16 heavy (non-hydrogen) atoms. The molecule has 0 fully saturated rings. The number of halogens is 2. The molecule has 1 N–H and O–H groups in total. The molecule has 1 rings (SSSR count). The van der Waals surface area contributed by atoms with Gasteiger partial charge in [-0.1, -0.05) is 13.3 Å². The highest BCUT2D eigenvalue weighted by molar-refractivity contribution is 5.17. The monoisotopic (exact) mass is 228 g/mol. The Morgan fingerprint density at radius 2 is 1.75 bits per heavy atom. The predicted octanol–water partition coefficient (Wildman–Crippen LogP) is 3.45. The molecule has 3 heteroatoms. The fourth-order valence-electron chi connectivity index (χ4n) is 1.77. The number of hydrogen-bond donors (Lipinski definition) is 1. The van der Waals surface area contributed by atoms with Crippen molar-refractivity contribution in [2.24, 2.45) is 0 Å². The van der Waals surface area contributed by atoms with Crippen molar-refractivity contribution in [1.82, 2.24) is 0 Å². The standard InChI is InChI=1S/C13H18F2O/c1-2-4-13(16)6-3-5-10-7-11(14)9-12(15)8-10/h7-9,13,16H,2-6H2,1H3. The summed E-state index contributed by atoms with van der Waals surface area (Å²) in [6.07, 6.45) is 3.50. The summed E-state index contributed by atoms with van der Waals surface area (Å²) >= 11 is 0. The van der Waals surface area contributed by atoms with E-state index in [1.54, 1.807) is 0 Å². The lowest BCUT2D eigenvalue weighted by atomic mass is 10.0. The second-order valence-electron chi connectivity index (χ2n) is 4.11. The van der Waals surface area contributed by atoms with Crippen molar-refractivity contribution in [3.05, 3.63) is 35.4 Å². The molecule has 0 saturated carbocycles. The largest absolute Gasteiger partial charge is 0.393 e. The molecule has 0 radical (unpaired) electrons. The number of hydrogen-bond acceptors (Lipinski definition) is 1. The zero-order chi connectivity index (χ0) is 12.0. The first-order valence-corrected chi connectivity index (χ1v) is 5.75. The van der Waals surface area contributed by atoms with Crippen molar-refractivity contribution >= 4 is 0 Å². The van der Waals surface area contributed by atoms with E-state index in [2.05, 4.69) is 0 Å². The molecular formula is C13H18F2O. The molecular weight excluding hydrogens is 210 g/mol. The third-order valence-corrected chi connectivity index (χ3v) is 2.55. The minimum Gasteiger partial charge on any atom is -0.393 e. The molecule has 0 spiro atoms. The van der Waals surface area contributed by atoms with Crippen LogP contribution in [-0.2, 0) is 6.42 Å².